The topological polar surface area (TPSA) is 54.4 Å². The Morgan fingerprint density at radius 1 is 1.19 bits per heavy atom. The Balaban J connectivity index is 1.74. The standard InChI is InChI=1S/C21H28ClFO3/c1-18-7-5-14(24)11-13(18)3-4-16-15-6-8-21(26,17(25)12-22)19(15,2)9-10-20(16,18)23/h11,15-16,26H,3-10,12H2,1-2H3/t15-,16-,18-,19-,20+,21-/m0/s1. The molecule has 0 aliphatic heterocycles. The first-order valence-corrected chi connectivity index (χ1v) is 10.4. The summed E-state index contributed by atoms with van der Waals surface area (Å²) in [6.07, 6.45) is 5.98. The van der Waals surface area contributed by atoms with E-state index >= 15 is 4.39 Å². The SMILES string of the molecule is C[C@]12CCC(=O)C=C1CC[C@H]1[C@@H]3CC[C@](O)(C(=O)CCl)[C@@]3(C)CC[C@@]12F. The molecule has 0 aromatic rings. The molecule has 26 heavy (non-hydrogen) atoms. The zero-order chi connectivity index (χ0) is 19.0. The summed E-state index contributed by atoms with van der Waals surface area (Å²) < 4.78 is 16.7. The first-order valence-electron chi connectivity index (χ1n) is 9.87. The second-order valence-electron chi connectivity index (χ2n) is 9.46. The molecule has 3 fully saturated rings. The minimum atomic E-state index is -1.43. The summed E-state index contributed by atoms with van der Waals surface area (Å²) in [5.74, 6) is -0.593. The van der Waals surface area contributed by atoms with Gasteiger partial charge in [0.1, 0.15) is 11.3 Å². The van der Waals surface area contributed by atoms with Crippen molar-refractivity contribution in [3.05, 3.63) is 11.6 Å². The van der Waals surface area contributed by atoms with Crippen molar-refractivity contribution in [3.8, 4) is 0 Å². The number of Topliss-reactive ketones (excluding diaryl/α,β-unsaturated/α-hetero) is 1. The zero-order valence-corrected chi connectivity index (χ0v) is 16.4. The smallest absolute Gasteiger partial charge is 0.179 e. The molecule has 4 rings (SSSR count). The van der Waals surface area contributed by atoms with E-state index in [0.717, 1.165) is 12.0 Å². The van der Waals surface area contributed by atoms with E-state index in [0.29, 0.717) is 44.9 Å². The molecule has 0 unspecified atom stereocenters. The van der Waals surface area contributed by atoms with Crippen molar-refractivity contribution in [2.75, 3.05) is 5.88 Å². The van der Waals surface area contributed by atoms with Gasteiger partial charge in [0.2, 0.25) is 0 Å². The molecule has 1 N–H and O–H groups in total. The van der Waals surface area contributed by atoms with E-state index in [1.807, 2.05) is 13.8 Å². The highest BCUT2D eigenvalue weighted by atomic mass is 35.5. The lowest BCUT2D eigenvalue weighted by Gasteiger charge is -2.61. The molecule has 3 nitrogen and oxygen atoms in total. The molecule has 4 aliphatic carbocycles. The van der Waals surface area contributed by atoms with Gasteiger partial charge in [0.25, 0.3) is 0 Å². The number of rotatable bonds is 2. The maximum atomic E-state index is 16.7. The van der Waals surface area contributed by atoms with Crippen molar-refractivity contribution < 1.29 is 19.1 Å². The van der Waals surface area contributed by atoms with Crippen LogP contribution in [-0.2, 0) is 9.59 Å². The van der Waals surface area contributed by atoms with Crippen LogP contribution in [0.2, 0.25) is 0 Å². The van der Waals surface area contributed by atoms with Gasteiger partial charge in [-0.05, 0) is 62.9 Å². The predicted molar refractivity (Wildman–Crippen MR) is 97.7 cm³/mol. The third kappa shape index (κ3) is 2.03. The van der Waals surface area contributed by atoms with Gasteiger partial charge < -0.3 is 5.11 Å². The first kappa shape index (κ1) is 18.6. The molecule has 0 heterocycles. The van der Waals surface area contributed by atoms with E-state index in [-0.39, 0.29) is 29.3 Å². The fourth-order valence-electron chi connectivity index (χ4n) is 7.04. The van der Waals surface area contributed by atoms with Crippen LogP contribution in [0.1, 0.15) is 65.2 Å². The normalized spacial score (nSPS) is 50.5. The average molecular weight is 383 g/mol. The zero-order valence-electron chi connectivity index (χ0n) is 15.6. The van der Waals surface area contributed by atoms with Gasteiger partial charge in [0.05, 0.1) is 5.88 Å². The first-order chi connectivity index (χ1) is 12.1. The van der Waals surface area contributed by atoms with Gasteiger partial charge >= 0.3 is 0 Å². The molecule has 0 amide bonds. The van der Waals surface area contributed by atoms with Gasteiger partial charge in [-0.3, -0.25) is 9.59 Å². The summed E-state index contributed by atoms with van der Waals surface area (Å²) in [4.78, 5) is 24.3. The molecule has 5 heteroatoms. The number of carbonyl (C=O) groups excluding carboxylic acids is 2. The van der Waals surface area contributed by atoms with E-state index in [9.17, 15) is 14.7 Å². The van der Waals surface area contributed by atoms with Crippen LogP contribution in [0.4, 0.5) is 4.39 Å². The number of fused-ring (bicyclic) bond motifs is 5. The fourth-order valence-corrected chi connectivity index (χ4v) is 7.26. The second-order valence-corrected chi connectivity index (χ2v) is 9.72. The van der Waals surface area contributed by atoms with Gasteiger partial charge in [-0.1, -0.05) is 19.4 Å². The lowest BCUT2D eigenvalue weighted by atomic mass is 9.44. The Morgan fingerprint density at radius 3 is 2.62 bits per heavy atom. The Labute approximate surface area is 159 Å². The number of ketones is 2. The number of alkyl halides is 2. The monoisotopic (exact) mass is 382 g/mol. The van der Waals surface area contributed by atoms with Crippen LogP contribution in [0, 0.1) is 22.7 Å². The molecule has 0 aromatic carbocycles. The Hall–Kier alpha value is -0.740. The van der Waals surface area contributed by atoms with Crippen molar-refractivity contribution in [1.82, 2.24) is 0 Å². The molecule has 6 atom stereocenters. The molecular weight excluding hydrogens is 355 g/mol. The highest BCUT2D eigenvalue weighted by Gasteiger charge is 2.71. The lowest BCUT2D eigenvalue weighted by Crippen LogP contribution is -2.63. The van der Waals surface area contributed by atoms with E-state index in [4.69, 9.17) is 11.6 Å². The van der Waals surface area contributed by atoms with Gasteiger partial charge in [-0.2, -0.15) is 0 Å². The summed E-state index contributed by atoms with van der Waals surface area (Å²) in [6, 6.07) is 0. The highest BCUT2D eigenvalue weighted by molar-refractivity contribution is 6.29. The summed E-state index contributed by atoms with van der Waals surface area (Å²) in [6.45, 7) is 3.96. The van der Waals surface area contributed by atoms with E-state index in [1.54, 1.807) is 6.08 Å². The van der Waals surface area contributed by atoms with Crippen molar-refractivity contribution >= 4 is 23.2 Å². The van der Waals surface area contributed by atoms with Crippen LogP contribution >= 0.6 is 11.6 Å². The average Bonchev–Trinajstić information content (AvgIpc) is 2.88. The third-order valence-corrected chi connectivity index (χ3v) is 9.04. The molecular formula is C21H28ClFO3. The molecule has 0 radical (unpaired) electrons. The number of hydrogen-bond donors (Lipinski definition) is 1. The fraction of sp³-hybridized carbons (Fsp3) is 0.810. The molecule has 0 aromatic heterocycles. The third-order valence-electron chi connectivity index (χ3n) is 8.80. The van der Waals surface area contributed by atoms with E-state index in [2.05, 4.69) is 0 Å². The molecule has 3 saturated carbocycles. The van der Waals surface area contributed by atoms with E-state index < -0.39 is 22.1 Å². The molecule has 4 aliphatic rings. The minimum Gasteiger partial charge on any atom is -0.381 e. The Kier molecular flexibility index (Phi) is 4.03. The van der Waals surface area contributed by atoms with E-state index in [1.165, 1.54) is 0 Å². The van der Waals surface area contributed by atoms with Crippen molar-refractivity contribution in [2.24, 2.45) is 22.7 Å². The molecule has 144 valence electrons. The summed E-state index contributed by atoms with van der Waals surface area (Å²) in [7, 11) is 0. The van der Waals surface area contributed by atoms with Gasteiger partial charge in [-0.25, -0.2) is 4.39 Å². The maximum Gasteiger partial charge on any atom is 0.179 e. The van der Waals surface area contributed by atoms with Crippen LogP contribution in [-0.4, -0.2) is 33.8 Å². The lowest BCUT2D eigenvalue weighted by molar-refractivity contribution is -0.181. The number of hydrogen-bond acceptors (Lipinski definition) is 3. The Bertz CT molecular complexity index is 705. The van der Waals surface area contributed by atoms with Gasteiger partial charge in [0, 0.05) is 17.3 Å². The van der Waals surface area contributed by atoms with Crippen LogP contribution in [0.5, 0.6) is 0 Å². The van der Waals surface area contributed by atoms with Gasteiger partial charge in [0.15, 0.2) is 11.6 Å². The van der Waals surface area contributed by atoms with Crippen LogP contribution in [0.15, 0.2) is 11.6 Å². The van der Waals surface area contributed by atoms with Crippen molar-refractivity contribution in [1.29, 1.82) is 0 Å². The summed E-state index contributed by atoms with van der Waals surface area (Å²) in [5, 5.41) is 11.2. The van der Waals surface area contributed by atoms with Crippen molar-refractivity contribution in [2.45, 2.75) is 76.5 Å². The second kappa shape index (κ2) is 5.64. The van der Waals surface area contributed by atoms with Crippen LogP contribution < -0.4 is 0 Å². The number of allylic oxidation sites excluding steroid dienone is 1. The quantitative estimate of drug-likeness (QED) is 0.730. The Morgan fingerprint density at radius 2 is 1.92 bits per heavy atom. The van der Waals surface area contributed by atoms with Gasteiger partial charge in [-0.15, -0.1) is 11.6 Å². The number of halogens is 2. The largest absolute Gasteiger partial charge is 0.381 e. The maximum absolute atomic E-state index is 16.7. The highest BCUT2D eigenvalue weighted by Crippen LogP contribution is 2.70. The molecule has 0 bridgehead atoms. The number of aliphatic hydroxyl groups is 1. The summed E-state index contributed by atoms with van der Waals surface area (Å²) >= 11 is 5.78. The predicted octanol–water partition coefficient (Wildman–Crippen LogP) is 4.15. The van der Waals surface area contributed by atoms with Crippen LogP contribution in [0.3, 0.4) is 0 Å². The molecule has 0 saturated heterocycles. The molecule has 0 spiro atoms. The minimum absolute atomic E-state index is 0.0191. The van der Waals surface area contributed by atoms with Crippen LogP contribution in [0.25, 0.3) is 0 Å². The van der Waals surface area contributed by atoms with Crippen molar-refractivity contribution in [3.63, 3.8) is 0 Å². The summed E-state index contributed by atoms with van der Waals surface area (Å²) in [5.41, 5.74) is -3.03. The number of carbonyl (C=O) groups is 2.